The second-order valence-electron chi connectivity index (χ2n) is 15.5. The zero-order chi connectivity index (χ0) is 41.8. The summed E-state index contributed by atoms with van der Waals surface area (Å²) in [7, 11) is -3.23. The smallest absolute Gasteiger partial charge is 0.472 e. The molecule has 4 rings (SSSR count). The highest BCUT2D eigenvalue weighted by Crippen LogP contribution is 2.47. The van der Waals surface area contributed by atoms with Crippen LogP contribution in [0.1, 0.15) is 140 Å². The number of methoxy groups -OCH3 is 1. The number of ether oxygens (including phenoxy) is 4. The summed E-state index contributed by atoms with van der Waals surface area (Å²) in [6.07, 6.45) is 17.0. The summed E-state index contributed by atoms with van der Waals surface area (Å²) in [5, 5.41) is 35.3. The van der Waals surface area contributed by atoms with Gasteiger partial charge in [-0.3, -0.25) is 9.05 Å². The molecule has 16 heteroatoms. The van der Waals surface area contributed by atoms with E-state index in [9.17, 15) is 24.9 Å². The second-order valence-corrected chi connectivity index (χ2v) is 16.9. The summed E-state index contributed by atoms with van der Waals surface area (Å²) in [6.45, 7) is 3.43. The number of nitriles is 1. The number of rotatable bonds is 30. The zero-order valence-electron chi connectivity index (χ0n) is 34.6. The molecule has 3 aromatic rings. The molecule has 1 fully saturated rings. The van der Waals surface area contributed by atoms with Crippen LogP contribution < -0.4 is 10.5 Å². The van der Waals surface area contributed by atoms with E-state index >= 15 is 0 Å². The Kier molecular flexibility index (Phi) is 20.3. The molecule has 0 radical (unpaired) electrons. The number of hydrogen-bond acceptors (Lipinski definition) is 13. The molecule has 0 spiro atoms. The number of aliphatic hydroxyl groups is 2. The van der Waals surface area contributed by atoms with Crippen molar-refractivity contribution in [3.05, 3.63) is 53.5 Å². The summed E-state index contributed by atoms with van der Waals surface area (Å²) >= 11 is 0. The molecule has 0 aliphatic carbocycles. The molecule has 1 aromatic carbocycles. The number of nitrogen functional groups attached to an aromatic ring is 1. The van der Waals surface area contributed by atoms with E-state index in [1.807, 2.05) is 0 Å². The minimum absolute atomic E-state index is 0.0598. The standard InChI is InChI=1S/C42H66N5O10P/c1-4-5-6-7-8-9-10-11-12-13-14-15-16-17-18-19-24-53-28-34(54-27-33-21-20-32(26-43)25-37(33)52-3)29-55-58(50,51)56-30-42(2)40(49)38(48)39(57-42)35-22-23-36-41(44)45-31-46-47(35)36/h20-23,25,31,34,38-40,48-49H,4-19,24,27-30H2,1-3H3,(H,50,51)(H2,44,45,46)/t34-,38-,39-,40-,42+/m0/s1. The molecule has 0 bridgehead atoms. The van der Waals surface area contributed by atoms with Gasteiger partial charge >= 0.3 is 7.82 Å². The van der Waals surface area contributed by atoms with Crippen molar-refractivity contribution < 1.29 is 47.7 Å². The predicted molar refractivity (Wildman–Crippen MR) is 220 cm³/mol. The van der Waals surface area contributed by atoms with Gasteiger partial charge in [0, 0.05) is 12.2 Å². The number of nitrogens with zero attached hydrogens (tertiary/aromatic N) is 4. The Hall–Kier alpha value is -3.16. The van der Waals surface area contributed by atoms with Gasteiger partial charge in [-0.25, -0.2) is 14.1 Å². The van der Waals surface area contributed by atoms with Gasteiger partial charge in [-0.15, -0.1) is 0 Å². The van der Waals surface area contributed by atoms with Crippen LogP contribution >= 0.6 is 7.82 Å². The van der Waals surface area contributed by atoms with Gasteiger partial charge in [0.2, 0.25) is 0 Å². The fraction of sp³-hybridized carbons (Fsp3) is 0.690. The normalized spacial score (nSPS) is 20.9. The first-order valence-corrected chi connectivity index (χ1v) is 22.5. The van der Waals surface area contributed by atoms with E-state index in [4.69, 9.17) is 33.7 Å². The number of phosphoric acid groups is 1. The van der Waals surface area contributed by atoms with E-state index in [0.29, 0.717) is 34.7 Å². The Morgan fingerprint density at radius 1 is 0.948 bits per heavy atom. The number of fused-ring (bicyclic) bond motifs is 1. The fourth-order valence-electron chi connectivity index (χ4n) is 7.18. The molecule has 15 nitrogen and oxygen atoms in total. The van der Waals surface area contributed by atoms with Gasteiger partial charge in [-0.05, 0) is 37.6 Å². The Bertz CT molecular complexity index is 1740. The first-order valence-electron chi connectivity index (χ1n) is 21.0. The molecule has 0 saturated carbocycles. The number of benzene rings is 1. The molecule has 1 aliphatic heterocycles. The summed E-state index contributed by atoms with van der Waals surface area (Å²) in [4.78, 5) is 14.7. The van der Waals surface area contributed by atoms with Gasteiger partial charge in [-0.2, -0.15) is 10.4 Å². The number of nitrogens with two attached hydrogens (primary N) is 1. The zero-order valence-corrected chi connectivity index (χ0v) is 35.5. The summed E-state index contributed by atoms with van der Waals surface area (Å²) < 4.78 is 48.8. The Morgan fingerprint density at radius 2 is 1.59 bits per heavy atom. The molecule has 1 aliphatic rings. The number of phosphoric ester groups is 1. The summed E-state index contributed by atoms with van der Waals surface area (Å²) in [6, 6.07) is 10.4. The third kappa shape index (κ3) is 14.8. The minimum atomic E-state index is -4.72. The van der Waals surface area contributed by atoms with Gasteiger partial charge < -0.3 is 39.8 Å². The van der Waals surface area contributed by atoms with E-state index in [2.05, 4.69) is 23.1 Å². The van der Waals surface area contributed by atoms with Gasteiger partial charge in [0.25, 0.3) is 0 Å². The molecule has 324 valence electrons. The monoisotopic (exact) mass is 831 g/mol. The first kappa shape index (κ1) is 47.5. The Morgan fingerprint density at radius 3 is 2.21 bits per heavy atom. The van der Waals surface area contributed by atoms with Crippen molar-refractivity contribution in [2.24, 2.45) is 0 Å². The van der Waals surface area contributed by atoms with Crippen molar-refractivity contribution >= 4 is 19.2 Å². The molecular formula is C42H66N5O10P. The molecule has 3 heterocycles. The van der Waals surface area contributed by atoms with Crippen molar-refractivity contribution in [1.29, 1.82) is 5.26 Å². The molecule has 1 unspecified atom stereocenters. The largest absolute Gasteiger partial charge is 0.496 e. The molecule has 58 heavy (non-hydrogen) atoms. The molecular weight excluding hydrogens is 765 g/mol. The Balaban J connectivity index is 1.20. The highest BCUT2D eigenvalue weighted by atomic mass is 31.2. The van der Waals surface area contributed by atoms with E-state index in [0.717, 1.165) is 19.3 Å². The molecule has 1 saturated heterocycles. The molecule has 6 atom stereocenters. The van der Waals surface area contributed by atoms with Crippen LogP contribution in [0.2, 0.25) is 0 Å². The average molecular weight is 832 g/mol. The quantitative estimate of drug-likeness (QED) is 0.0374. The lowest BCUT2D eigenvalue weighted by atomic mass is 9.97. The van der Waals surface area contributed by atoms with Crippen molar-refractivity contribution in [3.63, 3.8) is 0 Å². The van der Waals surface area contributed by atoms with Crippen molar-refractivity contribution in [3.8, 4) is 11.8 Å². The van der Waals surface area contributed by atoms with E-state index in [1.54, 1.807) is 30.3 Å². The minimum Gasteiger partial charge on any atom is -0.496 e. The van der Waals surface area contributed by atoms with Crippen molar-refractivity contribution in [2.45, 2.75) is 153 Å². The number of anilines is 1. The number of hydrogen-bond donors (Lipinski definition) is 4. The van der Waals surface area contributed by atoms with Gasteiger partial charge in [0.05, 0.1) is 50.9 Å². The van der Waals surface area contributed by atoms with Crippen LogP contribution in [0, 0.1) is 11.3 Å². The topological polar surface area (TPSA) is 213 Å². The lowest BCUT2D eigenvalue weighted by Crippen LogP contribution is -2.44. The van der Waals surface area contributed by atoms with Crippen LogP contribution in [0.15, 0.2) is 36.7 Å². The van der Waals surface area contributed by atoms with Crippen molar-refractivity contribution in [1.82, 2.24) is 14.6 Å². The van der Waals surface area contributed by atoms with Crippen LogP contribution in [-0.2, 0) is 34.4 Å². The third-order valence-electron chi connectivity index (χ3n) is 10.7. The van der Waals surface area contributed by atoms with Gasteiger partial charge in [0.15, 0.2) is 5.82 Å². The summed E-state index contributed by atoms with van der Waals surface area (Å²) in [5.74, 6) is 0.694. The van der Waals surface area contributed by atoms with Crippen LogP contribution in [0.5, 0.6) is 5.75 Å². The third-order valence-corrected chi connectivity index (χ3v) is 11.7. The fourth-order valence-corrected chi connectivity index (χ4v) is 8.02. The second kappa shape index (κ2) is 24.8. The maximum atomic E-state index is 13.1. The SMILES string of the molecule is CCCCCCCCCCCCCCCCCCOC[C@@H](COP(=O)(O)OC[C@@]1(C)O[C@@H](c2ccc3c(N)ncnn23)[C@H](O)[C@@H]1O)OCc1ccc(C#N)cc1OC. The Labute approximate surface area is 343 Å². The number of aromatic nitrogens is 3. The highest BCUT2D eigenvalue weighted by Gasteiger charge is 2.53. The number of aliphatic hydroxyl groups excluding tert-OH is 2. The van der Waals surface area contributed by atoms with Gasteiger partial charge in [0.1, 0.15) is 47.6 Å². The van der Waals surface area contributed by atoms with Gasteiger partial charge in [-0.1, -0.05) is 109 Å². The van der Waals surface area contributed by atoms with E-state index < -0.39 is 44.4 Å². The molecule has 2 aromatic heterocycles. The predicted octanol–water partition coefficient (Wildman–Crippen LogP) is 7.74. The van der Waals surface area contributed by atoms with Crippen LogP contribution in [-0.4, -0.2) is 87.2 Å². The van der Waals surface area contributed by atoms with Crippen LogP contribution in [0.4, 0.5) is 5.82 Å². The lowest BCUT2D eigenvalue weighted by molar-refractivity contribution is -0.102. The maximum absolute atomic E-state index is 13.1. The van der Waals surface area contributed by atoms with Crippen molar-refractivity contribution in [2.75, 3.05) is 39.3 Å². The first-order chi connectivity index (χ1) is 28.0. The van der Waals surface area contributed by atoms with E-state index in [1.165, 1.54) is 108 Å². The summed E-state index contributed by atoms with van der Waals surface area (Å²) in [5.41, 5.74) is 6.35. The highest BCUT2D eigenvalue weighted by molar-refractivity contribution is 7.47. The lowest BCUT2D eigenvalue weighted by Gasteiger charge is -2.28. The van der Waals surface area contributed by atoms with Crippen LogP contribution in [0.3, 0.4) is 0 Å². The average Bonchev–Trinajstić information content (AvgIpc) is 3.75. The molecule has 5 N–H and O–H groups in total. The maximum Gasteiger partial charge on any atom is 0.472 e. The van der Waals surface area contributed by atoms with Crippen LogP contribution in [0.25, 0.3) is 5.52 Å². The van der Waals surface area contributed by atoms with E-state index in [-0.39, 0.29) is 25.6 Å². The molecule has 0 amide bonds. The number of unbranched alkanes of at least 4 members (excludes halogenated alkanes) is 15.